The molecule has 0 spiro atoms. The van der Waals surface area contributed by atoms with Gasteiger partial charge in [0.05, 0.1) is 16.4 Å². The van der Waals surface area contributed by atoms with Gasteiger partial charge in [0.15, 0.2) is 0 Å². The number of alkyl halides is 3. The molecular weight excluding hydrogens is 391 g/mol. The Kier molecular flexibility index (Phi) is 5.74. The number of aryl methyl sites for hydroxylation is 4. The third-order valence-corrected chi connectivity index (χ3v) is 5.06. The maximum Gasteiger partial charge on any atom is 0.418 e. The minimum Gasteiger partial charge on any atom is -0.194 e. The molecule has 0 unspecified atom stereocenters. The number of rotatable bonds is 3. The van der Waals surface area contributed by atoms with Crippen LogP contribution in [0.25, 0.3) is 22.3 Å². The molecule has 0 aliphatic rings. The van der Waals surface area contributed by atoms with Crippen LogP contribution in [0, 0.1) is 27.7 Å². The Balaban J connectivity index is 2.12. The second-order valence-electron chi connectivity index (χ2n) is 7.24. The van der Waals surface area contributed by atoms with Gasteiger partial charge >= 0.3 is 6.18 Å². The molecule has 3 rings (SSSR count). The van der Waals surface area contributed by atoms with Gasteiger partial charge in [0.2, 0.25) is 0 Å². The van der Waals surface area contributed by atoms with E-state index < -0.39 is 11.7 Å². The van der Waals surface area contributed by atoms with Gasteiger partial charge in [0.25, 0.3) is 0 Å². The molecule has 0 bridgehead atoms. The van der Waals surface area contributed by atoms with Crippen LogP contribution in [0.2, 0.25) is 0 Å². The molecule has 148 valence electrons. The van der Waals surface area contributed by atoms with Crippen molar-refractivity contribution in [3.63, 3.8) is 0 Å². The molecular formula is C24H20F3NS. The van der Waals surface area contributed by atoms with E-state index >= 15 is 0 Å². The third kappa shape index (κ3) is 4.31. The van der Waals surface area contributed by atoms with Gasteiger partial charge in [-0.25, -0.2) is 0 Å². The Morgan fingerprint density at radius 1 is 0.793 bits per heavy atom. The van der Waals surface area contributed by atoms with E-state index in [1.54, 1.807) is 6.07 Å². The number of aliphatic imine (C=N–C) groups is 1. The zero-order valence-electron chi connectivity index (χ0n) is 16.6. The van der Waals surface area contributed by atoms with Gasteiger partial charge in [-0.05, 0) is 91.0 Å². The van der Waals surface area contributed by atoms with Crippen molar-refractivity contribution in [2.45, 2.75) is 33.9 Å². The van der Waals surface area contributed by atoms with E-state index in [-0.39, 0.29) is 5.69 Å². The Hall–Kier alpha value is -2.75. The number of halogens is 3. The lowest BCUT2D eigenvalue weighted by molar-refractivity contribution is -0.137. The van der Waals surface area contributed by atoms with Crippen LogP contribution in [-0.4, -0.2) is 5.16 Å². The molecule has 0 aliphatic heterocycles. The molecule has 0 saturated carbocycles. The van der Waals surface area contributed by atoms with Crippen LogP contribution >= 0.6 is 12.2 Å². The summed E-state index contributed by atoms with van der Waals surface area (Å²) < 4.78 is 40.4. The molecule has 3 aromatic carbocycles. The van der Waals surface area contributed by atoms with Crippen LogP contribution in [0.5, 0.6) is 0 Å². The standard InChI is InChI=1S/C24H20F3NS/c1-14-9-16(3)23(17(4)10-14)19-5-7-20(15(2)11-19)18-6-8-22(28-13-29)21(12-18)24(25,26)27/h5-12H,1-4H3. The summed E-state index contributed by atoms with van der Waals surface area (Å²) in [6.45, 7) is 8.12. The summed E-state index contributed by atoms with van der Waals surface area (Å²) >= 11 is 4.47. The highest BCUT2D eigenvalue weighted by Gasteiger charge is 2.34. The minimum absolute atomic E-state index is 0.226. The summed E-state index contributed by atoms with van der Waals surface area (Å²) in [5.41, 5.74) is 6.87. The molecule has 0 aliphatic carbocycles. The van der Waals surface area contributed by atoms with Crippen LogP contribution in [0.1, 0.15) is 27.8 Å². The maximum atomic E-state index is 13.5. The normalized spacial score (nSPS) is 11.3. The van der Waals surface area contributed by atoms with Gasteiger partial charge in [0, 0.05) is 0 Å². The molecule has 0 aromatic heterocycles. The SMILES string of the molecule is Cc1cc(C)c(-c2ccc(-c3ccc(N=C=S)c(C(F)(F)F)c3)c(C)c2)c(C)c1. The minimum atomic E-state index is -4.52. The number of benzene rings is 3. The summed E-state index contributed by atoms with van der Waals surface area (Å²) in [4.78, 5) is 3.56. The highest BCUT2D eigenvalue weighted by Crippen LogP contribution is 2.40. The largest absolute Gasteiger partial charge is 0.418 e. The van der Waals surface area contributed by atoms with Crippen molar-refractivity contribution in [3.8, 4) is 22.3 Å². The van der Waals surface area contributed by atoms with E-state index in [1.165, 1.54) is 22.8 Å². The summed E-state index contributed by atoms with van der Waals surface area (Å²) in [6.07, 6.45) is -4.52. The lowest BCUT2D eigenvalue weighted by Crippen LogP contribution is -2.05. The van der Waals surface area contributed by atoms with Gasteiger partial charge in [0.1, 0.15) is 0 Å². The van der Waals surface area contributed by atoms with E-state index in [0.717, 1.165) is 28.3 Å². The highest BCUT2D eigenvalue weighted by atomic mass is 32.1. The quantitative estimate of drug-likeness (QED) is 0.314. The molecule has 1 nitrogen and oxygen atoms in total. The Morgan fingerprint density at radius 2 is 1.41 bits per heavy atom. The van der Waals surface area contributed by atoms with Crippen LogP contribution in [-0.2, 0) is 6.18 Å². The number of isothiocyanates is 1. The Bertz CT molecular complexity index is 1120. The average Bonchev–Trinajstić information content (AvgIpc) is 2.61. The van der Waals surface area contributed by atoms with Gasteiger partial charge in [-0.3, -0.25) is 0 Å². The molecule has 0 saturated heterocycles. The first-order valence-corrected chi connectivity index (χ1v) is 9.51. The second kappa shape index (κ2) is 7.94. The van der Waals surface area contributed by atoms with Crippen molar-refractivity contribution < 1.29 is 13.2 Å². The van der Waals surface area contributed by atoms with Gasteiger partial charge in [-0.15, -0.1) is 0 Å². The first-order chi connectivity index (χ1) is 13.6. The van der Waals surface area contributed by atoms with E-state index in [1.807, 2.05) is 30.3 Å². The van der Waals surface area contributed by atoms with E-state index in [0.29, 0.717) is 5.56 Å². The summed E-state index contributed by atoms with van der Waals surface area (Å²) in [5.74, 6) is 0. The topological polar surface area (TPSA) is 12.4 Å². The first kappa shape index (κ1) is 21.0. The highest BCUT2D eigenvalue weighted by molar-refractivity contribution is 7.78. The van der Waals surface area contributed by atoms with E-state index in [9.17, 15) is 13.2 Å². The van der Waals surface area contributed by atoms with Crippen LogP contribution in [0.4, 0.5) is 18.9 Å². The van der Waals surface area contributed by atoms with E-state index in [4.69, 9.17) is 0 Å². The summed E-state index contributed by atoms with van der Waals surface area (Å²) in [5, 5.41) is 2.02. The van der Waals surface area contributed by atoms with Gasteiger partial charge < -0.3 is 0 Å². The molecule has 29 heavy (non-hydrogen) atoms. The number of thiocarbonyl (C=S) groups is 1. The van der Waals surface area contributed by atoms with Crippen molar-refractivity contribution in [2.75, 3.05) is 0 Å². The molecule has 0 N–H and O–H groups in total. The monoisotopic (exact) mass is 411 g/mol. The molecule has 0 atom stereocenters. The van der Waals surface area contributed by atoms with Crippen molar-refractivity contribution in [1.82, 2.24) is 0 Å². The Labute approximate surface area is 173 Å². The van der Waals surface area contributed by atoms with Gasteiger partial charge in [-0.1, -0.05) is 42.0 Å². The third-order valence-electron chi connectivity index (χ3n) is 4.97. The predicted octanol–water partition coefficient (Wildman–Crippen LogP) is 8.01. The number of hydrogen-bond donors (Lipinski definition) is 0. The van der Waals surface area contributed by atoms with Crippen molar-refractivity contribution >= 4 is 23.1 Å². The van der Waals surface area contributed by atoms with Crippen molar-refractivity contribution in [1.29, 1.82) is 0 Å². The summed E-state index contributed by atoms with van der Waals surface area (Å²) in [6, 6.07) is 14.2. The predicted molar refractivity (Wildman–Crippen MR) is 116 cm³/mol. The molecule has 0 amide bonds. The zero-order valence-corrected chi connectivity index (χ0v) is 17.4. The summed E-state index contributed by atoms with van der Waals surface area (Å²) in [7, 11) is 0. The van der Waals surface area contributed by atoms with E-state index in [2.05, 4.69) is 50.1 Å². The zero-order chi connectivity index (χ0) is 21.3. The second-order valence-corrected chi connectivity index (χ2v) is 7.42. The van der Waals surface area contributed by atoms with Crippen molar-refractivity contribution in [2.24, 2.45) is 4.99 Å². The molecule has 3 aromatic rings. The first-order valence-electron chi connectivity index (χ1n) is 9.10. The molecule has 0 radical (unpaired) electrons. The lowest BCUT2D eigenvalue weighted by Gasteiger charge is -2.16. The maximum absolute atomic E-state index is 13.5. The number of nitrogens with zero attached hydrogens (tertiary/aromatic N) is 1. The van der Waals surface area contributed by atoms with Crippen molar-refractivity contribution in [3.05, 3.63) is 76.3 Å². The average molecular weight is 411 g/mol. The number of hydrogen-bond acceptors (Lipinski definition) is 2. The van der Waals surface area contributed by atoms with Gasteiger partial charge in [-0.2, -0.15) is 18.2 Å². The van der Waals surface area contributed by atoms with Crippen LogP contribution in [0.15, 0.2) is 53.5 Å². The molecule has 0 fully saturated rings. The Morgan fingerprint density at radius 3 is 1.97 bits per heavy atom. The van der Waals surface area contributed by atoms with Crippen LogP contribution in [0.3, 0.4) is 0 Å². The lowest BCUT2D eigenvalue weighted by atomic mass is 9.90. The molecule has 5 heteroatoms. The fourth-order valence-corrected chi connectivity index (χ4v) is 3.95. The fourth-order valence-electron chi connectivity index (χ4n) is 3.86. The smallest absolute Gasteiger partial charge is 0.194 e. The fraction of sp³-hybridized carbons (Fsp3) is 0.208. The van der Waals surface area contributed by atoms with Crippen LogP contribution < -0.4 is 0 Å². The molecule has 0 heterocycles.